The van der Waals surface area contributed by atoms with Crippen molar-refractivity contribution in [1.82, 2.24) is 9.80 Å². The molecule has 26 heavy (non-hydrogen) atoms. The second-order valence-electron chi connectivity index (χ2n) is 8.54. The predicted octanol–water partition coefficient (Wildman–Crippen LogP) is 3.10. The Bertz CT molecular complexity index is 521. The number of hydrogen-bond acceptors (Lipinski definition) is 5. The lowest BCUT2D eigenvalue weighted by Crippen LogP contribution is -2.57. The first-order valence-electron chi connectivity index (χ1n) is 8.98. The molecule has 2 amide bonds. The van der Waals surface area contributed by atoms with Gasteiger partial charge in [0.25, 0.3) is 0 Å². The smallest absolute Gasteiger partial charge is 0.410 e. The highest BCUT2D eigenvalue weighted by molar-refractivity contribution is 5.71. The van der Waals surface area contributed by atoms with E-state index in [4.69, 9.17) is 14.6 Å². The average molecular weight is 372 g/mol. The fourth-order valence-corrected chi connectivity index (χ4v) is 2.64. The predicted molar refractivity (Wildman–Crippen MR) is 96.0 cm³/mol. The highest BCUT2D eigenvalue weighted by Crippen LogP contribution is 2.21. The quantitative estimate of drug-likeness (QED) is 0.814. The van der Waals surface area contributed by atoms with Crippen LogP contribution in [0.2, 0.25) is 0 Å². The standard InChI is InChI=1S/C18H32N2O6/c1-17(2,3)25-15(23)19-10-11-20(16(24)26-18(4,5)6)13(12-19)8-7-9-14(21)22/h13H,7-12H2,1-6H3,(H,21,22). The van der Waals surface area contributed by atoms with Crippen molar-refractivity contribution < 1.29 is 29.0 Å². The van der Waals surface area contributed by atoms with E-state index in [0.29, 0.717) is 32.5 Å². The number of carbonyl (C=O) groups excluding carboxylic acids is 2. The Kier molecular flexibility index (Phi) is 7.29. The summed E-state index contributed by atoms with van der Waals surface area (Å²) in [6, 6.07) is -0.300. The van der Waals surface area contributed by atoms with Gasteiger partial charge in [0.2, 0.25) is 0 Å². The van der Waals surface area contributed by atoms with Crippen LogP contribution in [0.3, 0.4) is 0 Å². The molecule has 1 atom stereocenters. The van der Waals surface area contributed by atoms with E-state index < -0.39 is 29.4 Å². The number of carboxylic acid groups (broad SMARTS) is 1. The third-order valence-electron chi connectivity index (χ3n) is 3.69. The third kappa shape index (κ3) is 7.93. The summed E-state index contributed by atoms with van der Waals surface area (Å²) in [5.74, 6) is -0.881. The number of rotatable bonds is 4. The molecule has 1 saturated heterocycles. The summed E-state index contributed by atoms with van der Waals surface area (Å²) in [5, 5.41) is 8.85. The minimum atomic E-state index is -0.881. The first kappa shape index (κ1) is 22.1. The molecule has 1 heterocycles. The van der Waals surface area contributed by atoms with E-state index in [2.05, 4.69) is 0 Å². The molecule has 8 heteroatoms. The molecule has 1 N–H and O–H groups in total. The van der Waals surface area contributed by atoms with E-state index in [1.807, 2.05) is 0 Å². The van der Waals surface area contributed by atoms with Crippen molar-refractivity contribution in [2.45, 2.75) is 78.0 Å². The summed E-state index contributed by atoms with van der Waals surface area (Å²) in [4.78, 5) is 38.7. The van der Waals surface area contributed by atoms with Crippen molar-refractivity contribution >= 4 is 18.2 Å². The maximum Gasteiger partial charge on any atom is 0.410 e. The fourth-order valence-electron chi connectivity index (χ4n) is 2.64. The lowest BCUT2D eigenvalue weighted by Gasteiger charge is -2.42. The maximum atomic E-state index is 12.5. The number of aliphatic carboxylic acids is 1. The minimum Gasteiger partial charge on any atom is -0.481 e. The van der Waals surface area contributed by atoms with Crippen LogP contribution in [0.25, 0.3) is 0 Å². The van der Waals surface area contributed by atoms with Gasteiger partial charge in [-0.25, -0.2) is 9.59 Å². The molecule has 0 radical (unpaired) electrons. The van der Waals surface area contributed by atoms with Crippen LogP contribution in [0.5, 0.6) is 0 Å². The maximum absolute atomic E-state index is 12.5. The summed E-state index contributed by atoms with van der Waals surface area (Å²) >= 11 is 0. The number of ether oxygens (including phenoxy) is 2. The van der Waals surface area contributed by atoms with E-state index in [-0.39, 0.29) is 12.5 Å². The van der Waals surface area contributed by atoms with E-state index in [9.17, 15) is 14.4 Å². The summed E-state index contributed by atoms with van der Waals surface area (Å²) in [7, 11) is 0. The molecule has 1 fully saturated rings. The van der Waals surface area contributed by atoms with Gasteiger partial charge in [-0.15, -0.1) is 0 Å². The van der Waals surface area contributed by atoms with E-state index in [1.165, 1.54) is 0 Å². The van der Waals surface area contributed by atoms with Gasteiger partial charge in [0.15, 0.2) is 0 Å². The van der Waals surface area contributed by atoms with Gasteiger partial charge in [0, 0.05) is 26.1 Å². The zero-order chi connectivity index (χ0) is 20.1. The monoisotopic (exact) mass is 372 g/mol. The first-order chi connectivity index (χ1) is 11.8. The molecule has 8 nitrogen and oxygen atoms in total. The molecule has 0 aromatic carbocycles. The van der Waals surface area contributed by atoms with Gasteiger partial charge in [0.05, 0.1) is 6.04 Å². The van der Waals surface area contributed by atoms with Gasteiger partial charge in [-0.1, -0.05) is 0 Å². The second-order valence-corrected chi connectivity index (χ2v) is 8.54. The van der Waals surface area contributed by atoms with Crippen molar-refractivity contribution in [3.05, 3.63) is 0 Å². The summed E-state index contributed by atoms with van der Waals surface area (Å²) < 4.78 is 10.8. The highest BCUT2D eigenvalue weighted by atomic mass is 16.6. The SMILES string of the molecule is CC(C)(C)OC(=O)N1CCN(C(=O)OC(C)(C)C)C(CCCC(=O)O)C1. The molecule has 0 aliphatic carbocycles. The molecular weight excluding hydrogens is 340 g/mol. The van der Waals surface area contributed by atoms with Gasteiger partial charge in [-0.2, -0.15) is 0 Å². The van der Waals surface area contributed by atoms with Gasteiger partial charge in [-0.05, 0) is 54.4 Å². The number of nitrogens with zero attached hydrogens (tertiary/aromatic N) is 2. The van der Waals surface area contributed by atoms with Gasteiger partial charge in [0.1, 0.15) is 11.2 Å². The van der Waals surface area contributed by atoms with E-state index in [1.54, 1.807) is 51.3 Å². The topological polar surface area (TPSA) is 96.4 Å². The summed E-state index contributed by atoms with van der Waals surface area (Å²) in [5.41, 5.74) is -1.22. The zero-order valence-corrected chi connectivity index (χ0v) is 16.7. The third-order valence-corrected chi connectivity index (χ3v) is 3.69. The van der Waals surface area contributed by atoms with Crippen molar-refractivity contribution in [2.75, 3.05) is 19.6 Å². The second kappa shape index (κ2) is 8.60. The Balaban J connectivity index is 2.80. The highest BCUT2D eigenvalue weighted by Gasteiger charge is 2.36. The Labute approximate surface area is 155 Å². The largest absolute Gasteiger partial charge is 0.481 e. The first-order valence-corrected chi connectivity index (χ1v) is 8.98. The number of amides is 2. The van der Waals surface area contributed by atoms with Crippen molar-refractivity contribution in [1.29, 1.82) is 0 Å². The molecule has 1 rings (SSSR count). The van der Waals surface area contributed by atoms with Crippen molar-refractivity contribution in [2.24, 2.45) is 0 Å². The number of piperazine rings is 1. The van der Waals surface area contributed by atoms with Crippen molar-refractivity contribution in [3.8, 4) is 0 Å². The van der Waals surface area contributed by atoms with Crippen LogP contribution < -0.4 is 0 Å². The van der Waals surface area contributed by atoms with Gasteiger partial charge >= 0.3 is 18.2 Å². The lowest BCUT2D eigenvalue weighted by atomic mass is 10.1. The Morgan fingerprint density at radius 1 is 0.962 bits per heavy atom. The molecule has 0 aromatic rings. The molecule has 1 aliphatic heterocycles. The molecule has 0 spiro atoms. The molecule has 0 bridgehead atoms. The summed E-state index contributed by atoms with van der Waals surface area (Å²) in [6.07, 6.45) is 0.0449. The van der Waals surface area contributed by atoms with Crippen LogP contribution in [0.4, 0.5) is 9.59 Å². The molecule has 0 aromatic heterocycles. The average Bonchev–Trinajstić information content (AvgIpc) is 2.43. The lowest BCUT2D eigenvalue weighted by molar-refractivity contribution is -0.137. The molecule has 1 aliphatic rings. The van der Waals surface area contributed by atoms with Crippen molar-refractivity contribution in [3.63, 3.8) is 0 Å². The van der Waals surface area contributed by atoms with Crippen LogP contribution in [0.15, 0.2) is 0 Å². The Morgan fingerprint density at radius 2 is 1.50 bits per heavy atom. The molecule has 150 valence electrons. The van der Waals surface area contributed by atoms with Crippen LogP contribution in [-0.2, 0) is 14.3 Å². The Hall–Kier alpha value is -1.99. The normalized spacial score (nSPS) is 18.5. The van der Waals surface area contributed by atoms with Crippen LogP contribution in [0, 0.1) is 0 Å². The molecule has 1 unspecified atom stereocenters. The summed E-state index contributed by atoms with van der Waals surface area (Å²) in [6.45, 7) is 11.7. The van der Waals surface area contributed by atoms with Gasteiger partial charge in [-0.3, -0.25) is 4.79 Å². The van der Waals surface area contributed by atoms with E-state index in [0.717, 1.165) is 0 Å². The zero-order valence-electron chi connectivity index (χ0n) is 16.7. The minimum absolute atomic E-state index is 0.0189. The number of hydrogen-bond donors (Lipinski definition) is 1. The van der Waals surface area contributed by atoms with Crippen LogP contribution >= 0.6 is 0 Å². The van der Waals surface area contributed by atoms with Crippen LogP contribution in [-0.4, -0.2) is 69.9 Å². The fraction of sp³-hybridized carbons (Fsp3) is 0.833. The number of carbonyl (C=O) groups is 3. The van der Waals surface area contributed by atoms with Crippen LogP contribution in [0.1, 0.15) is 60.8 Å². The Morgan fingerprint density at radius 3 is 2.00 bits per heavy atom. The molecular formula is C18H32N2O6. The van der Waals surface area contributed by atoms with E-state index >= 15 is 0 Å². The molecule has 0 saturated carbocycles. The number of carboxylic acids is 1. The van der Waals surface area contributed by atoms with Gasteiger partial charge < -0.3 is 24.4 Å².